The first kappa shape index (κ1) is 19.2. The first-order valence-electron chi connectivity index (χ1n) is 8.29. The molecule has 7 heteroatoms. The summed E-state index contributed by atoms with van der Waals surface area (Å²) in [4.78, 5) is 13.5. The summed E-state index contributed by atoms with van der Waals surface area (Å²) in [5.41, 5.74) is 1.27. The minimum absolute atomic E-state index is 0.119. The molecule has 0 bridgehead atoms. The lowest BCUT2D eigenvalue weighted by atomic mass is 9.98. The molecule has 0 saturated carbocycles. The highest BCUT2D eigenvalue weighted by Gasteiger charge is 2.43. The largest absolute Gasteiger partial charge is 0.464 e. The second-order valence-corrected chi connectivity index (χ2v) is 7.57. The maximum absolute atomic E-state index is 14.3. The zero-order chi connectivity index (χ0) is 19.1. The van der Waals surface area contributed by atoms with E-state index < -0.39 is 11.9 Å². The van der Waals surface area contributed by atoms with Crippen LogP contribution in [-0.2, 0) is 15.5 Å². The number of carbonyl (C=O) groups excluding carboxylic acids is 1. The number of benzene rings is 1. The highest BCUT2D eigenvalue weighted by Crippen LogP contribution is 2.42. The van der Waals surface area contributed by atoms with Crippen LogP contribution in [0.3, 0.4) is 0 Å². The molecule has 0 spiro atoms. The normalized spacial score (nSPS) is 25.1. The SMILES string of the molecule is COC(=O)C(F)(F)c1ccc2c(c1)N(CC1C(Cl)=CC=CC1Cl)CC2C. The number of ether oxygens (including phenoxy) is 1. The summed E-state index contributed by atoms with van der Waals surface area (Å²) in [5.74, 6) is -5.20. The highest BCUT2D eigenvalue weighted by molar-refractivity contribution is 6.31. The predicted molar refractivity (Wildman–Crippen MR) is 99.2 cm³/mol. The molecule has 3 atom stereocenters. The molecule has 3 unspecified atom stereocenters. The molecular formula is C19H19Cl2F2NO2. The van der Waals surface area contributed by atoms with E-state index in [1.54, 1.807) is 12.1 Å². The van der Waals surface area contributed by atoms with Gasteiger partial charge in [-0.3, -0.25) is 0 Å². The number of alkyl halides is 3. The van der Waals surface area contributed by atoms with Crippen molar-refractivity contribution in [3.63, 3.8) is 0 Å². The van der Waals surface area contributed by atoms with Gasteiger partial charge in [0.15, 0.2) is 0 Å². The Morgan fingerprint density at radius 1 is 1.42 bits per heavy atom. The number of rotatable bonds is 4. The Labute approximate surface area is 161 Å². The van der Waals surface area contributed by atoms with Gasteiger partial charge < -0.3 is 9.64 Å². The van der Waals surface area contributed by atoms with Crippen LogP contribution in [-0.4, -0.2) is 31.5 Å². The van der Waals surface area contributed by atoms with E-state index in [2.05, 4.69) is 4.74 Å². The Morgan fingerprint density at radius 2 is 2.15 bits per heavy atom. The Hall–Kier alpha value is -1.59. The van der Waals surface area contributed by atoms with Crippen molar-refractivity contribution in [2.45, 2.75) is 24.1 Å². The second kappa shape index (κ2) is 7.20. The molecule has 0 fully saturated rings. The number of esters is 1. The number of methoxy groups -OCH3 is 1. The Balaban J connectivity index is 1.92. The fourth-order valence-electron chi connectivity index (χ4n) is 3.46. The molecule has 0 N–H and O–H groups in total. The molecule has 0 saturated heterocycles. The van der Waals surface area contributed by atoms with Crippen molar-refractivity contribution >= 4 is 34.9 Å². The van der Waals surface area contributed by atoms with E-state index in [9.17, 15) is 13.6 Å². The molecule has 2 aliphatic rings. The maximum atomic E-state index is 14.3. The van der Waals surface area contributed by atoms with Crippen LogP contribution in [0.25, 0.3) is 0 Å². The van der Waals surface area contributed by atoms with Crippen molar-refractivity contribution in [1.82, 2.24) is 0 Å². The quantitative estimate of drug-likeness (QED) is 0.536. The molecule has 1 aliphatic heterocycles. The van der Waals surface area contributed by atoms with Crippen molar-refractivity contribution in [3.05, 3.63) is 52.6 Å². The number of fused-ring (bicyclic) bond motifs is 1. The first-order valence-corrected chi connectivity index (χ1v) is 9.10. The van der Waals surface area contributed by atoms with E-state index in [4.69, 9.17) is 23.2 Å². The molecule has 0 amide bonds. The topological polar surface area (TPSA) is 29.5 Å². The van der Waals surface area contributed by atoms with E-state index in [0.717, 1.165) is 12.7 Å². The lowest BCUT2D eigenvalue weighted by Crippen LogP contribution is -2.33. The Morgan fingerprint density at radius 3 is 2.81 bits per heavy atom. The predicted octanol–water partition coefficient (Wildman–Crippen LogP) is 4.79. The molecule has 1 heterocycles. The van der Waals surface area contributed by atoms with Gasteiger partial charge in [0.25, 0.3) is 0 Å². The zero-order valence-electron chi connectivity index (χ0n) is 14.4. The summed E-state index contributed by atoms with van der Waals surface area (Å²) in [7, 11) is 0.948. The minimum Gasteiger partial charge on any atom is -0.464 e. The number of hydrogen-bond donors (Lipinski definition) is 0. The van der Waals surface area contributed by atoms with Gasteiger partial charge in [0.05, 0.1) is 12.5 Å². The Bertz CT molecular complexity index is 779. The summed E-state index contributed by atoms with van der Waals surface area (Å²) < 4.78 is 32.8. The van der Waals surface area contributed by atoms with E-state index in [1.165, 1.54) is 12.1 Å². The number of carbonyl (C=O) groups is 1. The van der Waals surface area contributed by atoms with Gasteiger partial charge >= 0.3 is 11.9 Å². The monoisotopic (exact) mass is 401 g/mol. The van der Waals surface area contributed by atoms with Crippen molar-refractivity contribution in [3.8, 4) is 0 Å². The Kier molecular flexibility index (Phi) is 5.31. The second-order valence-electron chi connectivity index (χ2n) is 6.63. The van der Waals surface area contributed by atoms with Crippen LogP contribution in [0, 0.1) is 5.92 Å². The minimum atomic E-state index is -3.69. The lowest BCUT2D eigenvalue weighted by Gasteiger charge is -2.29. The number of halogens is 4. The van der Waals surface area contributed by atoms with Crippen molar-refractivity contribution in [2.24, 2.45) is 5.92 Å². The molecule has 1 aromatic rings. The van der Waals surface area contributed by atoms with Crippen molar-refractivity contribution in [2.75, 3.05) is 25.1 Å². The fraction of sp³-hybridized carbons (Fsp3) is 0.421. The van der Waals surface area contributed by atoms with Crippen LogP contribution in [0.2, 0.25) is 0 Å². The molecular weight excluding hydrogens is 383 g/mol. The van der Waals surface area contributed by atoms with Crippen LogP contribution < -0.4 is 4.90 Å². The van der Waals surface area contributed by atoms with E-state index >= 15 is 0 Å². The van der Waals surface area contributed by atoms with Crippen molar-refractivity contribution in [1.29, 1.82) is 0 Å². The van der Waals surface area contributed by atoms with Gasteiger partial charge in [0.2, 0.25) is 0 Å². The highest BCUT2D eigenvalue weighted by atomic mass is 35.5. The number of hydrogen-bond acceptors (Lipinski definition) is 3. The van der Waals surface area contributed by atoms with E-state index in [1.807, 2.05) is 24.0 Å². The third-order valence-electron chi connectivity index (χ3n) is 4.91. The van der Waals surface area contributed by atoms with Gasteiger partial charge in [-0.2, -0.15) is 8.78 Å². The molecule has 26 heavy (non-hydrogen) atoms. The number of nitrogens with zero attached hydrogens (tertiary/aromatic N) is 1. The maximum Gasteiger partial charge on any atom is 0.381 e. The van der Waals surface area contributed by atoms with Crippen molar-refractivity contribution < 1.29 is 18.3 Å². The average Bonchev–Trinajstić information content (AvgIpc) is 2.93. The molecule has 1 aliphatic carbocycles. The van der Waals surface area contributed by atoms with E-state index in [-0.39, 0.29) is 22.8 Å². The summed E-state index contributed by atoms with van der Waals surface area (Å²) in [6.07, 6.45) is 5.47. The third-order valence-corrected chi connectivity index (χ3v) is 5.76. The van der Waals surface area contributed by atoms with Gasteiger partial charge in [0, 0.05) is 41.2 Å². The summed E-state index contributed by atoms with van der Waals surface area (Å²) in [6.45, 7) is 3.22. The van der Waals surface area contributed by atoms with E-state index in [0.29, 0.717) is 23.8 Å². The van der Waals surface area contributed by atoms with Crippen LogP contribution >= 0.6 is 23.2 Å². The van der Waals surface area contributed by atoms with Crippen LogP contribution in [0.15, 0.2) is 41.5 Å². The summed E-state index contributed by atoms with van der Waals surface area (Å²) >= 11 is 12.7. The van der Waals surface area contributed by atoms with Gasteiger partial charge in [-0.15, -0.1) is 11.6 Å². The molecule has 3 nitrogen and oxygen atoms in total. The van der Waals surface area contributed by atoms with Gasteiger partial charge in [0.1, 0.15) is 0 Å². The number of allylic oxidation sites excluding steroid dienone is 3. The standard InChI is InChI=1S/C19H19Cl2F2NO2/c1-11-9-24(10-14-15(20)4-3-5-16(14)21)17-8-12(6-7-13(11)17)19(22,23)18(25)26-2/h3-8,11,14-15H,9-10H2,1-2H3. The van der Waals surface area contributed by atoms with Crippen LogP contribution in [0.5, 0.6) is 0 Å². The molecule has 0 aromatic heterocycles. The molecule has 3 rings (SSSR count). The van der Waals surface area contributed by atoms with Gasteiger partial charge in [-0.05, 0) is 17.7 Å². The number of anilines is 1. The van der Waals surface area contributed by atoms with Crippen LogP contribution in [0.4, 0.5) is 14.5 Å². The fourth-order valence-corrected chi connectivity index (χ4v) is 4.11. The third kappa shape index (κ3) is 3.35. The lowest BCUT2D eigenvalue weighted by molar-refractivity contribution is -0.170. The van der Waals surface area contributed by atoms with Gasteiger partial charge in [-0.1, -0.05) is 42.8 Å². The molecule has 1 aromatic carbocycles. The average molecular weight is 402 g/mol. The smallest absolute Gasteiger partial charge is 0.381 e. The van der Waals surface area contributed by atoms with Crippen LogP contribution in [0.1, 0.15) is 24.0 Å². The summed E-state index contributed by atoms with van der Waals surface area (Å²) in [6, 6.07) is 4.31. The zero-order valence-corrected chi connectivity index (χ0v) is 15.9. The molecule has 0 radical (unpaired) electrons. The summed E-state index contributed by atoms with van der Waals surface area (Å²) in [5, 5.41) is 0.385. The first-order chi connectivity index (χ1) is 12.3. The van der Waals surface area contributed by atoms with Gasteiger partial charge in [-0.25, -0.2) is 4.79 Å². The molecule has 140 valence electrons.